The van der Waals surface area contributed by atoms with Gasteiger partial charge in [-0.25, -0.2) is 4.79 Å². The molecule has 3 aromatic rings. The largest absolute Gasteiger partial charge is 0.490 e. The molecule has 41 heavy (non-hydrogen) atoms. The van der Waals surface area contributed by atoms with E-state index in [0.29, 0.717) is 19.5 Å². The molecule has 1 aromatic heterocycles. The van der Waals surface area contributed by atoms with Gasteiger partial charge in [0.1, 0.15) is 6.04 Å². The molecular formula is C30H33F3N4O4. The van der Waals surface area contributed by atoms with Crippen molar-refractivity contribution in [2.45, 2.75) is 56.3 Å². The lowest BCUT2D eigenvalue weighted by molar-refractivity contribution is -0.192. The van der Waals surface area contributed by atoms with Crippen LogP contribution in [0.5, 0.6) is 0 Å². The normalized spacial score (nSPS) is 16.6. The third kappa shape index (κ3) is 6.62. The number of aromatic amines is 1. The standard InChI is InChI=1S/C28H32N4O2.C2HF3O2/c1-27(2,29)26(34)31-24(17-20-18-30-23-10-6-4-8-21(20)23)25(33)32-15-13-28(14-16-32)12-11-19-7-3-5-9-22(19)28;3-2(4,5)1(6)7/h3-12,18,24,30H,13-17,29H2,1-2H3,(H,31,34);(H,6,7)/t24-;/m1./s1. The Morgan fingerprint density at radius 2 is 1.68 bits per heavy atom. The third-order valence-electron chi connectivity index (χ3n) is 7.58. The zero-order valence-corrected chi connectivity index (χ0v) is 22.8. The summed E-state index contributed by atoms with van der Waals surface area (Å²) in [5.74, 6) is -3.13. The van der Waals surface area contributed by atoms with Crippen LogP contribution in [0.3, 0.4) is 0 Å². The molecule has 5 rings (SSSR count). The van der Waals surface area contributed by atoms with Crippen LogP contribution in [0.15, 0.2) is 60.8 Å². The van der Waals surface area contributed by atoms with Gasteiger partial charge < -0.3 is 26.0 Å². The molecule has 2 aliphatic rings. The number of carbonyl (C=O) groups excluding carboxylic acids is 2. The second-order valence-electron chi connectivity index (χ2n) is 11.0. The molecule has 1 aliphatic carbocycles. The Bertz CT molecular complexity index is 1460. The number of aliphatic carboxylic acids is 1. The molecule has 0 saturated carbocycles. The molecule has 2 aromatic carbocycles. The maximum Gasteiger partial charge on any atom is 0.490 e. The number of hydrogen-bond acceptors (Lipinski definition) is 4. The van der Waals surface area contributed by atoms with E-state index in [2.05, 4.69) is 46.7 Å². The minimum absolute atomic E-state index is 0.00219. The van der Waals surface area contributed by atoms with Crippen LogP contribution in [0.4, 0.5) is 13.2 Å². The van der Waals surface area contributed by atoms with Gasteiger partial charge in [0.05, 0.1) is 5.54 Å². The number of carboxylic acid groups (broad SMARTS) is 1. The van der Waals surface area contributed by atoms with Gasteiger partial charge in [-0.3, -0.25) is 9.59 Å². The number of rotatable bonds is 5. The highest BCUT2D eigenvalue weighted by molar-refractivity contribution is 5.92. The van der Waals surface area contributed by atoms with E-state index in [-0.39, 0.29) is 17.2 Å². The first-order valence-electron chi connectivity index (χ1n) is 13.2. The highest BCUT2D eigenvalue weighted by atomic mass is 19.4. The van der Waals surface area contributed by atoms with Crippen LogP contribution in [0, 0.1) is 0 Å². The number of carbonyl (C=O) groups is 3. The first-order valence-corrected chi connectivity index (χ1v) is 13.2. The van der Waals surface area contributed by atoms with Gasteiger partial charge in [0.15, 0.2) is 0 Å². The number of H-pyrrole nitrogens is 1. The van der Waals surface area contributed by atoms with Crippen molar-refractivity contribution < 1.29 is 32.7 Å². The Morgan fingerprint density at radius 3 is 2.32 bits per heavy atom. The molecule has 218 valence electrons. The second-order valence-corrected chi connectivity index (χ2v) is 11.0. The molecule has 1 aliphatic heterocycles. The Hall–Kier alpha value is -4.12. The van der Waals surface area contributed by atoms with Crippen LogP contribution in [0.1, 0.15) is 43.4 Å². The van der Waals surface area contributed by atoms with Crippen molar-refractivity contribution in [2.24, 2.45) is 5.73 Å². The predicted molar refractivity (Wildman–Crippen MR) is 149 cm³/mol. The molecule has 5 N–H and O–H groups in total. The number of aromatic nitrogens is 1. The van der Waals surface area contributed by atoms with E-state index < -0.39 is 23.7 Å². The quantitative estimate of drug-likeness (QED) is 0.366. The highest BCUT2D eigenvalue weighted by Gasteiger charge is 2.41. The van der Waals surface area contributed by atoms with Crippen LogP contribution >= 0.6 is 0 Å². The number of halogens is 3. The Labute approximate surface area is 235 Å². The minimum atomic E-state index is -5.08. The summed E-state index contributed by atoms with van der Waals surface area (Å²) in [7, 11) is 0. The van der Waals surface area contributed by atoms with E-state index in [9.17, 15) is 22.8 Å². The number of carboxylic acids is 1. The highest BCUT2D eigenvalue weighted by Crippen LogP contribution is 2.43. The second kappa shape index (κ2) is 11.4. The van der Waals surface area contributed by atoms with Crippen molar-refractivity contribution in [3.63, 3.8) is 0 Å². The van der Waals surface area contributed by atoms with Crippen molar-refractivity contribution in [2.75, 3.05) is 13.1 Å². The number of alkyl halides is 3. The summed E-state index contributed by atoms with van der Waals surface area (Å²) in [6.07, 6.45) is 3.52. The first kappa shape index (κ1) is 29.9. The number of nitrogens with zero attached hydrogens (tertiary/aromatic N) is 1. The van der Waals surface area contributed by atoms with Gasteiger partial charge in [-0.05, 0) is 49.4 Å². The number of benzene rings is 2. The maximum atomic E-state index is 13.7. The van der Waals surface area contributed by atoms with Gasteiger partial charge in [-0.1, -0.05) is 54.6 Å². The molecule has 1 saturated heterocycles. The van der Waals surface area contributed by atoms with Crippen LogP contribution in [0.2, 0.25) is 0 Å². The Kier molecular flexibility index (Phi) is 8.30. The molecule has 0 unspecified atom stereocenters. The predicted octanol–water partition coefficient (Wildman–Crippen LogP) is 4.15. The number of nitrogens with one attached hydrogen (secondary N) is 2. The van der Waals surface area contributed by atoms with E-state index in [1.54, 1.807) is 13.8 Å². The number of hydrogen-bond donors (Lipinski definition) is 4. The van der Waals surface area contributed by atoms with Crippen LogP contribution in [-0.4, -0.2) is 63.6 Å². The van der Waals surface area contributed by atoms with E-state index in [1.807, 2.05) is 35.4 Å². The molecule has 0 radical (unpaired) electrons. The van der Waals surface area contributed by atoms with Gasteiger partial charge in [-0.2, -0.15) is 13.2 Å². The lowest BCUT2D eigenvalue weighted by Crippen LogP contribution is -2.58. The van der Waals surface area contributed by atoms with Gasteiger partial charge in [-0.15, -0.1) is 0 Å². The number of amides is 2. The minimum Gasteiger partial charge on any atom is -0.475 e. The summed E-state index contributed by atoms with van der Waals surface area (Å²) >= 11 is 0. The van der Waals surface area contributed by atoms with E-state index in [4.69, 9.17) is 15.6 Å². The zero-order chi connectivity index (χ0) is 30.0. The van der Waals surface area contributed by atoms with Crippen LogP contribution < -0.4 is 11.1 Å². The average Bonchev–Trinajstić information content (AvgIpc) is 3.49. The summed E-state index contributed by atoms with van der Waals surface area (Å²) < 4.78 is 31.7. The SMILES string of the molecule is CC(C)(N)C(=O)N[C@H](Cc1c[nH]c2ccccc12)C(=O)N1CCC2(C=Cc3ccccc32)CC1.O=C(O)C(F)(F)F. The lowest BCUT2D eigenvalue weighted by Gasteiger charge is -2.40. The number of allylic oxidation sites excluding steroid dienone is 1. The average molecular weight is 571 g/mol. The topological polar surface area (TPSA) is 129 Å². The Morgan fingerprint density at radius 1 is 1.07 bits per heavy atom. The van der Waals surface area contributed by atoms with Crippen molar-refractivity contribution in [3.8, 4) is 0 Å². The number of piperidine rings is 1. The molecule has 1 spiro atoms. The molecule has 8 nitrogen and oxygen atoms in total. The van der Waals surface area contributed by atoms with Crippen molar-refractivity contribution in [3.05, 3.63) is 77.5 Å². The molecule has 2 amide bonds. The van der Waals surface area contributed by atoms with E-state index in [0.717, 1.165) is 29.3 Å². The summed E-state index contributed by atoms with van der Waals surface area (Å²) in [6.45, 7) is 4.63. The number of fused-ring (bicyclic) bond motifs is 3. The summed E-state index contributed by atoms with van der Waals surface area (Å²) in [4.78, 5) is 40.6. The summed E-state index contributed by atoms with van der Waals surface area (Å²) in [6, 6.07) is 15.8. The molecule has 11 heteroatoms. The maximum absolute atomic E-state index is 13.7. The lowest BCUT2D eigenvalue weighted by atomic mass is 9.74. The molecular weight excluding hydrogens is 537 g/mol. The van der Waals surface area contributed by atoms with Crippen LogP contribution in [0.25, 0.3) is 17.0 Å². The molecule has 0 bridgehead atoms. The fraction of sp³-hybridized carbons (Fsp3) is 0.367. The number of likely N-dealkylation sites (tertiary alicyclic amines) is 1. The van der Waals surface area contributed by atoms with Gasteiger partial charge in [0.2, 0.25) is 11.8 Å². The molecule has 1 atom stereocenters. The van der Waals surface area contributed by atoms with Gasteiger partial charge >= 0.3 is 12.1 Å². The fourth-order valence-electron chi connectivity index (χ4n) is 5.28. The van der Waals surface area contributed by atoms with E-state index in [1.165, 1.54) is 11.1 Å². The first-order chi connectivity index (χ1) is 19.2. The zero-order valence-electron chi connectivity index (χ0n) is 22.8. The van der Waals surface area contributed by atoms with Gasteiger partial charge in [0.25, 0.3) is 0 Å². The Balaban J connectivity index is 0.000000493. The van der Waals surface area contributed by atoms with Crippen molar-refractivity contribution in [1.29, 1.82) is 0 Å². The smallest absolute Gasteiger partial charge is 0.475 e. The van der Waals surface area contributed by atoms with Crippen molar-refractivity contribution >= 4 is 34.8 Å². The summed E-state index contributed by atoms with van der Waals surface area (Å²) in [5, 5.41) is 11.1. The monoisotopic (exact) mass is 570 g/mol. The molecule has 2 heterocycles. The van der Waals surface area contributed by atoms with Gasteiger partial charge in [0, 0.05) is 42.0 Å². The fourth-order valence-corrected chi connectivity index (χ4v) is 5.28. The third-order valence-corrected chi connectivity index (χ3v) is 7.58. The number of para-hydroxylation sites is 1. The number of nitrogens with two attached hydrogens (primary N) is 1. The van der Waals surface area contributed by atoms with Crippen molar-refractivity contribution in [1.82, 2.24) is 15.2 Å². The molecule has 1 fully saturated rings. The summed E-state index contributed by atoms with van der Waals surface area (Å²) in [5.41, 5.74) is 9.63. The van der Waals surface area contributed by atoms with E-state index >= 15 is 0 Å². The van der Waals surface area contributed by atoms with Crippen LogP contribution in [-0.2, 0) is 26.2 Å².